The van der Waals surface area contributed by atoms with Crippen molar-refractivity contribution in [3.05, 3.63) is 71.9 Å². The summed E-state index contributed by atoms with van der Waals surface area (Å²) in [5.74, 6) is -2.11. The van der Waals surface area contributed by atoms with Gasteiger partial charge in [0.25, 0.3) is 0 Å². The van der Waals surface area contributed by atoms with E-state index < -0.39 is 79.0 Å². The standard InChI is InChI=1S/C42H65N11O8/c1-24-15-16-35(55)46-17-7-13-30(36(43)56)49-39(59)33(20-26-22-48-29-12-6-5-11-28(26)29)51-37(57)31(14-8-18-47-42(44)45)50-38(58)32(19-25-9-3-2-4-10-25)52-40(60)34-21-27(54)23-53(34)41(24)61/h2-6,9-12,22,24,27,30-34,37,39-41,48-49,51-52,54,57,59-61H,7-8,13-21,23H2,1H3,(H2,43,56)(H,46,55)(H,50,58)(H4,44,45,47)/t24-,27+,30-,31-,32+,33-,34-,37+,39-,40+,41-/m0/s1. The summed E-state index contributed by atoms with van der Waals surface area (Å²) in [5, 5.41) is 73.4. The zero-order chi connectivity index (χ0) is 44.1. The molecule has 61 heavy (non-hydrogen) atoms. The van der Waals surface area contributed by atoms with Gasteiger partial charge in [0, 0.05) is 43.2 Å². The van der Waals surface area contributed by atoms with Crippen LogP contribution in [-0.2, 0) is 27.2 Å². The highest BCUT2D eigenvalue weighted by atomic mass is 16.3. The molecule has 5 rings (SSSR count). The van der Waals surface area contributed by atoms with Crippen LogP contribution in [0.3, 0.4) is 0 Å². The smallest absolute Gasteiger partial charge is 0.237 e. The Kier molecular flexibility index (Phi) is 17.8. The molecule has 2 aliphatic rings. The van der Waals surface area contributed by atoms with E-state index in [0.717, 1.165) is 22.0 Å². The van der Waals surface area contributed by atoms with Crippen LogP contribution < -0.4 is 43.8 Å². The monoisotopic (exact) mass is 852 g/mol. The average Bonchev–Trinajstić information content (AvgIpc) is 3.84. The number of aliphatic imine (C=N–C) groups is 1. The molecule has 0 bridgehead atoms. The summed E-state index contributed by atoms with van der Waals surface area (Å²) in [6.07, 6.45) is -2.74. The first kappa shape index (κ1) is 47.4. The normalized spacial score (nSPS) is 30.8. The maximum absolute atomic E-state index is 14.5. The average molecular weight is 852 g/mol. The Labute approximate surface area is 355 Å². The lowest BCUT2D eigenvalue weighted by atomic mass is 10.00. The fourth-order valence-corrected chi connectivity index (χ4v) is 8.21. The van der Waals surface area contributed by atoms with E-state index in [1.54, 1.807) is 18.0 Å². The minimum absolute atomic E-state index is 0.0625. The van der Waals surface area contributed by atoms with E-state index in [1.807, 2.05) is 54.6 Å². The third kappa shape index (κ3) is 13.9. The van der Waals surface area contributed by atoms with Crippen molar-refractivity contribution in [2.45, 2.75) is 126 Å². The van der Waals surface area contributed by atoms with Crippen LogP contribution in [0, 0.1) is 5.92 Å². The fraction of sp³-hybridized carbons (Fsp3) is 0.571. The van der Waals surface area contributed by atoms with Gasteiger partial charge in [0.2, 0.25) is 17.7 Å². The molecule has 0 unspecified atom stereocenters. The van der Waals surface area contributed by atoms with Crippen molar-refractivity contribution in [2.24, 2.45) is 28.1 Å². The van der Waals surface area contributed by atoms with Crippen LogP contribution in [-0.4, -0.2) is 140 Å². The van der Waals surface area contributed by atoms with E-state index in [2.05, 4.69) is 36.6 Å². The van der Waals surface area contributed by atoms with Gasteiger partial charge in [0.1, 0.15) is 24.9 Å². The molecule has 3 aromatic rings. The van der Waals surface area contributed by atoms with Crippen LogP contribution in [0.5, 0.6) is 0 Å². The van der Waals surface area contributed by atoms with Gasteiger partial charge in [0.05, 0.1) is 36.3 Å². The number of benzene rings is 2. The highest BCUT2D eigenvalue weighted by molar-refractivity contribution is 5.83. The zero-order valence-electron chi connectivity index (χ0n) is 34.7. The van der Waals surface area contributed by atoms with Crippen molar-refractivity contribution in [1.82, 2.24) is 36.5 Å². The van der Waals surface area contributed by atoms with E-state index in [4.69, 9.17) is 17.2 Å². The molecule has 11 atom stereocenters. The van der Waals surface area contributed by atoms with E-state index in [9.17, 15) is 39.9 Å². The van der Waals surface area contributed by atoms with Crippen molar-refractivity contribution in [2.75, 3.05) is 19.6 Å². The summed E-state index contributed by atoms with van der Waals surface area (Å²) < 4.78 is 0. The van der Waals surface area contributed by atoms with Crippen LogP contribution in [0.25, 0.3) is 10.9 Å². The Hall–Kier alpha value is -4.70. The number of nitrogens with zero attached hydrogens (tertiary/aromatic N) is 2. The Morgan fingerprint density at radius 2 is 1.59 bits per heavy atom. The maximum atomic E-state index is 14.5. The van der Waals surface area contributed by atoms with Gasteiger partial charge < -0.3 is 58.4 Å². The molecule has 2 saturated heterocycles. The summed E-state index contributed by atoms with van der Waals surface area (Å²) in [6.45, 7) is 2.25. The number of para-hydroxylation sites is 1. The first-order valence-corrected chi connectivity index (χ1v) is 21.1. The molecule has 0 saturated carbocycles. The number of H-pyrrole nitrogens is 1. The zero-order valence-corrected chi connectivity index (χ0v) is 34.7. The van der Waals surface area contributed by atoms with Crippen LogP contribution >= 0.6 is 0 Å². The molecule has 0 aliphatic carbocycles. The number of carbonyl (C=O) groups is 3. The van der Waals surface area contributed by atoms with Gasteiger partial charge in [-0.15, -0.1) is 0 Å². The lowest BCUT2D eigenvalue weighted by Crippen LogP contribution is -2.62. The molecular weight excluding hydrogens is 787 g/mol. The molecule has 0 spiro atoms. The van der Waals surface area contributed by atoms with E-state index in [0.29, 0.717) is 19.3 Å². The van der Waals surface area contributed by atoms with Crippen molar-refractivity contribution in [1.29, 1.82) is 0 Å². The van der Waals surface area contributed by atoms with E-state index in [-0.39, 0.29) is 70.0 Å². The predicted octanol–water partition coefficient (Wildman–Crippen LogP) is -2.11. The van der Waals surface area contributed by atoms with E-state index in [1.165, 1.54) is 0 Å². The quantitative estimate of drug-likeness (QED) is 0.0623. The first-order valence-electron chi connectivity index (χ1n) is 21.1. The molecule has 3 amide bonds. The molecule has 0 radical (unpaired) electrons. The van der Waals surface area contributed by atoms with Crippen molar-refractivity contribution in [3.8, 4) is 0 Å². The minimum Gasteiger partial charge on any atom is -0.392 e. The van der Waals surface area contributed by atoms with Crippen molar-refractivity contribution >= 4 is 34.6 Å². The minimum atomic E-state index is -1.49. The molecule has 336 valence electrons. The number of hydrogen-bond acceptors (Lipinski definition) is 13. The molecule has 1 aromatic heterocycles. The van der Waals surface area contributed by atoms with Gasteiger partial charge in [-0.1, -0.05) is 55.5 Å². The number of guanidine groups is 1. The molecule has 19 nitrogen and oxygen atoms in total. The molecule has 2 aliphatic heterocycles. The lowest BCUT2D eigenvalue weighted by molar-refractivity contribution is -0.127. The van der Waals surface area contributed by atoms with Gasteiger partial charge >= 0.3 is 0 Å². The highest BCUT2D eigenvalue weighted by Crippen LogP contribution is 2.27. The van der Waals surface area contributed by atoms with Crippen LogP contribution in [0.1, 0.15) is 63.0 Å². The summed E-state index contributed by atoms with van der Waals surface area (Å²) in [5.41, 5.74) is 19.4. The lowest BCUT2D eigenvalue weighted by Gasteiger charge is -2.37. The molecule has 17 N–H and O–H groups in total. The molecule has 2 aromatic carbocycles. The second-order valence-electron chi connectivity index (χ2n) is 16.3. The number of aromatic nitrogens is 1. The fourth-order valence-electron chi connectivity index (χ4n) is 8.21. The van der Waals surface area contributed by atoms with Crippen molar-refractivity contribution < 1.29 is 39.9 Å². The van der Waals surface area contributed by atoms with Gasteiger partial charge in [-0.3, -0.25) is 40.2 Å². The SMILES string of the molecule is C[C@H]1CCC(=O)NCCC[C@@H](C(N)=O)N[C@@H](O)[C@H](Cc2c[nH]c3ccccc23)N[C@H](O)[C@H](CCCN=C(N)N)NC(=O)[C@@H](Cc2ccccc2)N[C@H](O)[C@@H]2C[C@@H](O)CN2[C@H]1O. The molecule has 19 heteroatoms. The second kappa shape index (κ2) is 22.9. The number of aliphatic hydroxyl groups excluding tert-OH is 5. The Morgan fingerprint density at radius 3 is 2.33 bits per heavy atom. The van der Waals surface area contributed by atoms with E-state index >= 15 is 0 Å². The number of primary amides is 1. The first-order chi connectivity index (χ1) is 29.2. The summed E-state index contributed by atoms with van der Waals surface area (Å²) in [7, 11) is 0. The number of aliphatic hydroxyl groups is 5. The summed E-state index contributed by atoms with van der Waals surface area (Å²) >= 11 is 0. The van der Waals surface area contributed by atoms with Crippen LogP contribution in [0.2, 0.25) is 0 Å². The van der Waals surface area contributed by atoms with Crippen LogP contribution in [0.4, 0.5) is 0 Å². The number of aromatic amines is 1. The molecule has 3 heterocycles. The predicted molar refractivity (Wildman–Crippen MR) is 230 cm³/mol. The highest BCUT2D eigenvalue weighted by Gasteiger charge is 2.42. The maximum Gasteiger partial charge on any atom is 0.237 e. The summed E-state index contributed by atoms with van der Waals surface area (Å²) in [6, 6.07) is 11.9. The Balaban J connectivity index is 1.49. The largest absolute Gasteiger partial charge is 0.392 e. The van der Waals surface area contributed by atoms with Gasteiger partial charge in [0.15, 0.2) is 5.96 Å². The second-order valence-corrected chi connectivity index (χ2v) is 16.3. The number of nitrogens with one attached hydrogen (secondary N) is 6. The van der Waals surface area contributed by atoms with Gasteiger partial charge in [-0.05, 0) is 74.5 Å². The number of amides is 3. The number of hydrogen-bond donors (Lipinski definition) is 14. The van der Waals surface area contributed by atoms with Crippen molar-refractivity contribution in [3.63, 3.8) is 0 Å². The number of carbonyl (C=O) groups excluding carboxylic acids is 3. The van der Waals surface area contributed by atoms with Gasteiger partial charge in [-0.2, -0.15) is 0 Å². The number of fused-ring (bicyclic) bond motifs is 2. The topological polar surface area (TPSA) is 322 Å². The third-order valence-corrected chi connectivity index (χ3v) is 11.6. The molecule has 2 fully saturated rings. The number of rotatable bonds is 9. The number of nitrogens with two attached hydrogens (primary N) is 3. The summed E-state index contributed by atoms with van der Waals surface area (Å²) in [4.78, 5) is 48.9. The molecular formula is C42H65N11O8. The Morgan fingerprint density at radius 1 is 0.869 bits per heavy atom. The Bertz CT molecular complexity index is 1880. The van der Waals surface area contributed by atoms with Crippen LogP contribution in [0.15, 0.2) is 65.8 Å². The van der Waals surface area contributed by atoms with Gasteiger partial charge in [-0.25, -0.2) is 0 Å². The third-order valence-electron chi connectivity index (χ3n) is 11.6.